The van der Waals surface area contributed by atoms with Gasteiger partial charge in [-0.1, -0.05) is 23.4 Å². The molecule has 0 spiro atoms. The first-order valence-electron chi connectivity index (χ1n) is 5.58. The summed E-state index contributed by atoms with van der Waals surface area (Å²) in [6.07, 6.45) is 3.62. The van der Waals surface area contributed by atoms with Crippen molar-refractivity contribution in [2.45, 2.75) is 26.3 Å². The highest BCUT2D eigenvalue weighted by molar-refractivity contribution is 5.78. The SMILES string of the molecule is CC(C)(C)n1cc(C=Nc2ccccc2)nn1. The summed E-state index contributed by atoms with van der Waals surface area (Å²) in [5.74, 6) is 0. The predicted molar refractivity (Wildman–Crippen MR) is 68.7 cm³/mol. The zero-order valence-corrected chi connectivity index (χ0v) is 10.3. The van der Waals surface area contributed by atoms with E-state index in [1.807, 2.05) is 41.2 Å². The quantitative estimate of drug-likeness (QED) is 0.742. The fourth-order valence-electron chi connectivity index (χ4n) is 1.32. The van der Waals surface area contributed by atoms with Crippen LogP contribution in [0.3, 0.4) is 0 Å². The van der Waals surface area contributed by atoms with E-state index in [0.717, 1.165) is 11.4 Å². The highest BCUT2D eigenvalue weighted by atomic mass is 15.4. The van der Waals surface area contributed by atoms with Gasteiger partial charge in [0.1, 0.15) is 5.69 Å². The van der Waals surface area contributed by atoms with E-state index in [1.54, 1.807) is 6.21 Å². The minimum Gasteiger partial charge on any atom is -0.255 e. The highest BCUT2D eigenvalue weighted by Gasteiger charge is 2.14. The summed E-state index contributed by atoms with van der Waals surface area (Å²) in [5, 5.41) is 8.14. The molecule has 1 aromatic heterocycles. The van der Waals surface area contributed by atoms with E-state index in [0.29, 0.717) is 0 Å². The Bertz CT molecular complexity index is 506. The average molecular weight is 228 g/mol. The largest absolute Gasteiger partial charge is 0.255 e. The minimum atomic E-state index is -0.0498. The van der Waals surface area contributed by atoms with Crippen molar-refractivity contribution < 1.29 is 0 Å². The number of hydrogen-bond acceptors (Lipinski definition) is 3. The summed E-state index contributed by atoms with van der Waals surface area (Å²) in [4.78, 5) is 4.33. The molecule has 88 valence electrons. The average Bonchev–Trinajstić information content (AvgIpc) is 2.76. The highest BCUT2D eigenvalue weighted by Crippen LogP contribution is 2.12. The molecular weight excluding hydrogens is 212 g/mol. The number of rotatable bonds is 2. The molecule has 0 amide bonds. The van der Waals surface area contributed by atoms with Crippen LogP contribution in [-0.2, 0) is 5.54 Å². The molecule has 4 heteroatoms. The Hall–Kier alpha value is -1.97. The lowest BCUT2D eigenvalue weighted by Gasteiger charge is -2.17. The van der Waals surface area contributed by atoms with Gasteiger partial charge in [0.15, 0.2) is 0 Å². The zero-order valence-electron chi connectivity index (χ0n) is 10.3. The molecule has 0 aliphatic rings. The van der Waals surface area contributed by atoms with Crippen molar-refractivity contribution in [1.82, 2.24) is 15.0 Å². The number of nitrogens with zero attached hydrogens (tertiary/aromatic N) is 4. The standard InChI is InChI=1S/C13H16N4/c1-13(2,3)17-10-12(15-16-17)9-14-11-7-5-4-6-8-11/h4-10H,1-3H3. The molecule has 0 bridgehead atoms. The number of hydrogen-bond donors (Lipinski definition) is 0. The first-order chi connectivity index (χ1) is 8.05. The maximum Gasteiger partial charge on any atom is 0.124 e. The number of aromatic nitrogens is 3. The van der Waals surface area contributed by atoms with Crippen molar-refractivity contribution in [3.8, 4) is 0 Å². The molecule has 0 aliphatic heterocycles. The summed E-state index contributed by atoms with van der Waals surface area (Å²) >= 11 is 0. The fraction of sp³-hybridized carbons (Fsp3) is 0.308. The van der Waals surface area contributed by atoms with Crippen LogP contribution in [0, 0.1) is 0 Å². The Balaban J connectivity index is 2.15. The van der Waals surface area contributed by atoms with E-state index in [4.69, 9.17) is 0 Å². The fourth-order valence-corrected chi connectivity index (χ4v) is 1.32. The summed E-state index contributed by atoms with van der Waals surface area (Å²) in [7, 11) is 0. The normalized spacial score (nSPS) is 12.2. The lowest BCUT2D eigenvalue weighted by molar-refractivity contribution is 0.347. The van der Waals surface area contributed by atoms with E-state index in [9.17, 15) is 0 Å². The van der Waals surface area contributed by atoms with E-state index in [2.05, 4.69) is 36.1 Å². The maximum atomic E-state index is 4.33. The van der Waals surface area contributed by atoms with Crippen molar-refractivity contribution in [3.05, 3.63) is 42.2 Å². The van der Waals surface area contributed by atoms with Crippen molar-refractivity contribution >= 4 is 11.9 Å². The maximum absolute atomic E-state index is 4.33. The molecule has 0 saturated carbocycles. The van der Waals surface area contributed by atoms with Crippen molar-refractivity contribution in [3.63, 3.8) is 0 Å². The van der Waals surface area contributed by atoms with E-state index < -0.39 is 0 Å². The van der Waals surface area contributed by atoms with Crippen LogP contribution in [0.25, 0.3) is 0 Å². The third-order valence-electron chi connectivity index (χ3n) is 2.30. The van der Waals surface area contributed by atoms with Gasteiger partial charge in [0.05, 0.1) is 23.6 Å². The van der Waals surface area contributed by atoms with Crippen LogP contribution in [0.5, 0.6) is 0 Å². The predicted octanol–water partition coefficient (Wildman–Crippen LogP) is 2.78. The molecule has 2 aromatic rings. The smallest absolute Gasteiger partial charge is 0.124 e. The van der Waals surface area contributed by atoms with Gasteiger partial charge < -0.3 is 0 Å². The van der Waals surface area contributed by atoms with Gasteiger partial charge >= 0.3 is 0 Å². The van der Waals surface area contributed by atoms with Crippen LogP contribution in [0.1, 0.15) is 26.5 Å². The summed E-state index contributed by atoms with van der Waals surface area (Å²) < 4.78 is 1.83. The second kappa shape index (κ2) is 4.49. The molecule has 1 aromatic carbocycles. The van der Waals surface area contributed by atoms with Crippen LogP contribution >= 0.6 is 0 Å². The molecule has 1 heterocycles. The van der Waals surface area contributed by atoms with E-state index in [1.165, 1.54) is 0 Å². The van der Waals surface area contributed by atoms with E-state index >= 15 is 0 Å². The number of para-hydroxylation sites is 1. The van der Waals surface area contributed by atoms with Gasteiger partial charge in [-0.05, 0) is 32.9 Å². The molecule has 2 rings (SSSR count). The molecule has 0 unspecified atom stereocenters. The van der Waals surface area contributed by atoms with Crippen molar-refractivity contribution in [2.75, 3.05) is 0 Å². The van der Waals surface area contributed by atoms with E-state index in [-0.39, 0.29) is 5.54 Å². The topological polar surface area (TPSA) is 43.1 Å². The number of benzene rings is 1. The molecule has 0 fully saturated rings. The molecule has 17 heavy (non-hydrogen) atoms. The Labute approximate surface area is 101 Å². The molecule has 0 N–H and O–H groups in total. The third kappa shape index (κ3) is 3.00. The third-order valence-corrected chi connectivity index (χ3v) is 2.30. The Kier molecular flexibility index (Phi) is 3.04. The summed E-state index contributed by atoms with van der Waals surface area (Å²) in [6, 6.07) is 9.78. The molecule has 0 saturated heterocycles. The summed E-state index contributed by atoms with van der Waals surface area (Å²) in [5.41, 5.74) is 1.63. The monoisotopic (exact) mass is 228 g/mol. The first-order valence-corrected chi connectivity index (χ1v) is 5.58. The molecule has 0 atom stereocenters. The molecule has 0 aliphatic carbocycles. The second-order valence-corrected chi connectivity index (χ2v) is 4.85. The van der Waals surface area contributed by atoms with Gasteiger partial charge in [-0.2, -0.15) is 0 Å². The Morgan fingerprint density at radius 3 is 2.47 bits per heavy atom. The Morgan fingerprint density at radius 1 is 1.18 bits per heavy atom. The zero-order chi connectivity index (χ0) is 12.3. The van der Waals surface area contributed by atoms with Gasteiger partial charge in [0, 0.05) is 0 Å². The molecular formula is C13H16N4. The van der Waals surface area contributed by atoms with Crippen LogP contribution < -0.4 is 0 Å². The van der Waals surface area contributed by atoms with Crippen LogP contribution in [0.2, 0.25) is 0 Å². The number of aliphatic imine (C=N–C) groups is 1. The lowest BCUT2D eigenvalue weighted by atomic mass is 10.1. The minimum absolute atomic E-state index is 0.0498. The van der Waals surface area contributed by atoms with Gasteiger partial charge in [-0.3, -0.25) is 4.99 Å². The first kappa shape index (κ1) is 11.5. The van der Waals surface area contributed by atoms with Gasteiger partial charge in [-0.15, -0.1) is 5.10 Å². The molecule has 0 radical (unpaired) electrons. The summed E-state index contributed by atoms with van der Waals surface area (Å²) in [6.45, 7) is 6.25. The van der Waals surface area contributed by atoms with Gasteiger partial charge in [0.25, 0.3) is 0 Å². The van der Waals surface area contributed by atoms with Crippen LogP contribution in [0.4, 0.5) is 5.69 Å². The molecule has 4 nitrogen and oxygen atoms in total. The van der Waals surface area contributed by atoms with Gasteiger partial charge in [-0.25, -0.2) is 4.68 Å². The lowest BCUT2D eigenvalue weighted by Crippen LogP contribution is -2.22. The Morgan fingerprint density at radius 2 is 1.88 bits per heavy atom. The van der Waals surface area contributed by atoms with Crippen molar-refractivity contribution in [1.29, 1.82) is 0 Å². The second-order valence-electron chi connectivity index (χ2n) is 4.85. The van der Waals surface area contributed by atoms with Gasteiger partial charge in [0.2, 0.25) is 0 Å². The van der Waals surface area contributed by atoms with Crippen LogP contribution in [-0.4, -0.2) is 21.2 Å². The van der Waals surface area contributed by atoms with Crippen molar-refractivity contribution in [2.24, 2.45) is 4.99 Å². The van der Waals surface area contributed by atoms with Crippen LogP contribution in [0.15, 0.2) is 41.5 Å².